The highest BCUT2D eigenvalue weighted by Gasteiger charge is 2.12. The van der Waals surface area contributed by atoms with Gasteiger partial charge in [-0.1, -0.05) is 78.9 Å². The van der Waals surface area contributed by atoms with Crippen LogP contribution in [0.1, 0.15) is 16.7 Å². The minimum atomic E-state index is -0.291. The Balaban J connectivity index is 1.60. The molecule has 1 aromatic heterocycles. The van der Waals surface area contributed by atoms with Gasteiger partial charge in [-0.25, -0.2) is 10.1 Å². The number of hydrazone groups is 1. The zero-order chi connectivity index (χ0) is 20.6. The smallest absolute Gasteiger partial charge is 0.267 e. The molecule has 0 unspecified atom stereocenters. The quantitative estimate of drug-likeness (QED) is 0.297. The van der Waals surface area contributed by atoms with Crippen molar-refractivity contribution in [1.29, 1.82) is 0 Å². The molecule has 3 aromatic carbocycles. The van der Waals surface area contributed by atoms with Crippen LogP contribution in [0, 0.1) is 0 Å². The van der Waals surface area contributed by atoms with Gasteiger partial charge >= 0.3 is 0 Å². The summed E-state index contributed by atoms with van der Waals surface area (Å²) in [5, 5.41) is 8.50. The number of benzene rings is 3. The van der Waals surface area contributed by atoms with Gasteiger partial charge in [-0.05, 0) is 29.3 Å². The number of hydrogen-bond acceptors (Lipinski definition) is 3. The summed E-state index contributed by atoms with van der Waals surface area (Å²) in [6, 6.07) is 28.9. The zero-order valence-corrected chi connectivity index (χ0v) is 16.2. The summed E-state index contributed by atoms with van der Waals surface area (Å²) in [6.07, 6.45) is 7.05. The van der Waals surface area contributed by atoms with E-state index >= 15 is 0 Å². The number of para-hydroxylation sites is 1. The van der Waals surface area contributed by atoms with Crippen molar-refractivity contribution in [3.63, 3.8) is 0 Å². The molecule has 4 rings (SSSR count). The molecule has 0 fully saturated rings. The van der Waals surface area contributed by atoms with Crippen LogP contribution in [0.2, 0.25) is 0 Å². The van der Waals surface area contributed by atoms with Gasteiger partial charge in [-0.15, -0.1) is 0 Å². The molecule has 0 aliphatic heterocycles. The van der Waals surface area contributed by atoms with Crippen molar-refractivity contribution in [2.24, 2.45) is 5.10 Å². The third-order valence-corrected chi connectivity index (χ3v) is 4.44. The molecule has 4 aromatic rings. The Kier molecular flexibility index (Phi) is 5.91. The van der Waals surface area contributed by atoms with Crippen LogP contribution in [0.25, 0.3) is 17.3 Å². The third-order valence-electron chi connectivity index (χ3n) is 4.44. The topological polar surface area (TPSA) is 59.3 Å². The first kappa shape index (κ1) is 19.1. The van der Waals surface area contributed by atoms with E-state index in [9.17, 15) is 4.79 Å². The fraction of sp³-hybridized carbons (Fsp3) is 0. The van der Waals surface area contributed by atoms with Crippen LogP contribution < -0.4 is 5.43 Å². The van der Waals surface area contributed by atoms with E-state index in [1.54, 1.807) is 17.1 Å². The molecule has 1 N–H and O–H groups in total. The van der Waals surface area contributed by atoms with Crippen LogP contribution in [-0.4, -0.2) is 21.9 Å². The molecule has 0 bridgehead atoms. The maximum atomic E-state index is 12.9. The molecular formula is C25H20N4O. The predicted octanol–water partition coefficient (Wildman–Crippen LogP) is 4.56. The molecule has 0 saturated carbocycles. The summed E-state index contributed by atoms with van der Waals surface area (Å²) < 4.78 is 1.78. The van der Waals surface area contributed by atoms with E-state index in [1.807, 2.05) is 103 Å². The lowest BCUT2D eigenvalue weighted by Gasteiger charge is -2.06. The van der Waals surface area contributed by atoms with Crippen LogP contribution >= 0.6 is 0 Å². The molecule has 146 valence electrons. The molecule has 5 heteroatoms. The molecule has 0 aliphatic carbocycles. The van der Waals surface area contributed by atoms with E-state index in [-0.39, 0.29) is 5.91 Å². The van der Waals surface area contributed by atoms with Gasteiger partial charge in [0.15, 0.2) is 0 Å². The van der Waals surface area contributed by atoms with Crippen LogP contribution in [0.4, 0.5) is 0 Å². The van der Waals surface area contributed by atoms with Crippen molar-refractivity contribution in [2.45, 2.75) is 0 Å². The highest BCUT2D eigenvalue weighted by molar-refractivity contribution is 6.24. The number of nitrogens with one attached hydrogen (secondary N) is 1. The summed E-state index contributed by atoms with van der Waals surface area (Å²) in [6.45, 7) is 0. The molecule has 1 heterocycles. The highest BCUT2D eigenvalue weighted by Crippen LogP contribution is 2.19. The number of carbonyl (C=O) groups excluding carboxylic acids is 1. The van der Waals surface area contributed by atoms with E-state index in [2.05, 4.69) is 15.6 Å². The Labute approximate surface area is 175 Å². The predicted molar refractivity (Wildman–Crippen MR) is 120 cm³/mol. The number of hydrogen-bond donors (Lipinski definition) is 1. The Morgan fingerprint density at radius 2 is 1.47 bits per heavy atom. The second kappa shape index (κ2) is 9.30. The average Bonchev–Trinajstić information content (AvgIpc) is 3.28. The van der Waals surface area contributed by atoms with Gasteiger partial charge in [-0.2, -0.15) is 10.2 Å². The average molecular weight is 392 g/mol. The number of nitrogens with zero attached hydrogens (tertiary/aromatic N) is 3. The maximum absolute atomic E-state index is 12.9. The molecule has 30 heavy (non-hydrogen) atoms. The lowest BCUT2D eigenvalue weighted by molar-refractivity contribution is -0.115. The van der Waals surface area contributed by atoms with E-state index in [1.165, 1.54) is 0 Å². The lowest BCUT2D eigenvalue weighted by atomic mass is 10.0. The standard InChI is InChI=1S/C25H20N4O/c30-25(28-26-17-20-10-4-1-5-11-20)24(22-12-6-2-7-13-22)16-21-18-27-29(19-21)23-14-8-3-9-15-23/h1-19H,(H,28,30)/b24-16+,26-17+. The minimum absolute atomic E-state index is 0.291. The summed E-state index contributed by atoms with van der Waals surface area (Å²) >= 11 is 0. The van der Waals surface area contributed by atoms with Gasteiger partial charge in [0, 0.05) is 17.3 Å². The third kappa shape index (κ3) is 4.77. The maximum Gasteiger partial charge on any atom is 0.271 e. The molecule has 0 aliphatic rings. The SMILES string of the molecule is O=C(N/N=C/c1ccccc1)/C(=C/c1cnn(-c2ccccc2)c1)c1ccccc1. The number of aromatic nitrogens is 2. The van der Waals surface area contributed by atoms with Crippen molar-refractivity contribution >= 4 is 23.8 Å². The summed E-state index contributed by atoms with van der Waals surface area (Å²) in [7, 11) is 0. The van der Waals surface area contributed by atoms with Crippen molar-refractivity contribution in [3.05, 3.63) is 120 Å². The van der Waals surface area contributed by atoms with Crippen molar-refractivity contribution in [1.82, 2.24) is 15.2 Å². The first-order valence-corrected chi connectivity index (χ1v) is 9.55. The van der Waals surface area contributed by atoms with Gasteiger partial charge < -0.3 is 0 Å². The fourth-order valence-electron chi connectivity index (χ4n) is 2.96. The number of amides is 1. The Hall–Kier alpha value is -4.25. The Bertz CT molecular complexity index is 1160. The second-order valence-corrected chi connectivity index (χ2v) is 6.59. The molecule has 1 amide bonds. The van der Waals surface area contributed by atoms with Gasteiger partial charge in [0.05, 0.1) is 18.1 Å². The van der Waals surface area contributed by atoms with Gasteiger partial charge in [-0.3, -0.25) is 4.79 Å². The van der Waals surface area contributed by atoms with Gasteiger partial charge in [0.1, 0.15) is 0 Å². The molecular weight excluding hydrogens is 372 g/mol. The van der Waals surface area contributed by atoms with Crippen molar-refractivity contribution in [2.75, 3.05) is 0 Å². The summed E-state index contributed by atoms with van der Waals surface area (Å²) in [4.78, 5) is 12.9. The van der Waals surface area contributed by atoms with Crippen LogP contribution in [-0.2, 0) is 4.79 Å². The Morgan fingerprint density at radius 3 is 2.17 bits per heavy atom. The first-order valence-electron chi connectivity index (χ1n) is 9.55. The molecule has 0 atom stereocenters. The van der Waals surface area contributed by atoms with Crippen LogP contribution in [0.5, 0.6) is 0 Å². The summed E-state index contributed by atoms with van der Waals surface area (Å²) in [5.41, 5.74) is 6.62. The molecule has 0 saturated heterocycles. The highest BCUT2D eigenvalue weighted by atomic mass is 16.2. The van der Waals surface area contributed by atoms with E-state index < -0.39 is 0 Å². The number of carbonyl (C=O) groups is 1. The fourth-order valence-corrected chi connectivity index (χ4v) is 2.96. The lowest BCUT2D eigenvalue weighted by Crippen LogP contribution is -2.19. The first-order chi connectivity index (χ1) is 14.8. The minimum Gasteiger partial charge on any atom is -0.267 e. The van der Waals surface area contributed by atoms with Crippen molar-refractivity contribution < 1.29 is 4.79 Å². The second-order valence-electron chi connectivity index (χ2n) is 6.59. The van der Waals surface area contributed by atoms with Crippen molar-refractivity contribution in [3.8, 4) is 5.69 Å². The monoisotopic (exact) mass is 392 g/mol. The van der Waals surface area contributed by atoms with E-state index in [4.69, 9.17) is 0 Å². The molecule has 0 radical (unpaired) electrons. The largest absolute Gasteiger partial charge is 0.271 e. The van der Waals surface area contributed by atoms with Gasteiger partial charge in [0.2, 0.25) is 0 Å². The van der Waals surface area contributed by atoms with E-state index in [0.717, 1.165) is 22.4 Å². The zero-order valence-electron chi connectivity index (χ0n) is 16.2. The molecule has 5 nitrogen and oxygen atoms in total. The van der Waals surface area contributed by atoms with E-state index in [0.29, 0.717) is 5.57 Å². The van der Waals surface area contributed by atoms with Crippen LogP contribution in [0.15, 0.2) is 108 Å². The normalized spacial score (nSPS) is 11.5. The Morgan fingerprint density at radius 1 is 0.833 bits per heavy atom. The van der Waals surface area contributed by atoms with Crippen LogP contribution in [0.3, 0.4) is 0 Å². The van der Waals surface area contributed by atoms with Gasteiger partial charge in [0.25, 0.3) is 5.91 Å². The molecule has 0 spiro atoms. The summed E-state index contributed by atoms with van der Waals surface area (Å²) in [5.74, 6) is -0.291. The number of rotatable bonds is 6.